The Labute approximate surface area is 64.3 Å². The first-order valence-corrected chi connectivity index (χ1v) is 1.82. The number of hydrogen-bond donors (Lipinski definition) is 0. The van der Waals surface area contributed by atoms with Gasteiger partial charge in [0.1, 0.15) is 0 Å². The summed E-state index contributed by atoms with van der Waals surface area (Å²) in [7, 11) is 0. The molecule has 3 nitrogen and oxygen atoms in total. The summed E-state index contributed by atoms with van der Waals surface area (Å²) in [6.07, 6.45) is 0. The molecule has 0 aliphatic carbocycles. The number of rotatable bonds is 0. The molecule has 4 radical (unpaired) electrons. The van der Waals surface area contributed by atoms with Crippen LogP contribution in [0.2, 0.25) is 0 Å². The minimum Gasteiger partial charge on any atom is -0.394 e. The van der Waals surface area contributed by atoms with Crippen molar-refractivity contribution in [1.29, 1.82) is 0 Å². The van der Waals surface area contributed by atoms with E-state index in [9.17, 15) is 9.59 Å². The molecule has 0 aliphatic heterocycles. The van der Waals surface area contributed by atoms with Gasteiger partial charge in [0.25, 0.3) is 0 Å². The minimum absolute atomic E-state index is 0. The molecule has 0 aliphatic rings. The third-order valence-electron chi connectivity index (χ3n) is 0.287. The van der Waals surface area contributed by atoms with E-state index in [1.807, 2.05) is 0 Å². The third-order valence-corrected chi connectivity index (χ3v) is 0.287. The van der Waals surface area contributed by atoms with Gasteiger partial charge in [-0.25, -0.2) is 0 Å². The molecule has 44 valence electrons. The van der Waals surface area contributed by atoms with Crippen LogP contribution in [0.4, 0.5) is 0 Å². The van der Waals surface area contributed by atoms with Crippen LogP contribution in [0.15, 0.2) is 0 Å². The summed E-state index contributed by atoms with van der Waals surface area (Å²) in [5, 5.41) is 0. The van der Waals surface area contributed by atoms with Gasteiger partial charge in [0.05, 0.1) is 0 Å². The molecule has 4 heteroatoms. The van der Waals surface area contributed by atoms with Crippen LogP contribution >= 0.6 is 0 Å². The van der Waals surface area contributed by atoms with E-state index in [1.54, 1.807) is 0 Å². The molecule has 0 N–H and O–H groups in total. The number of esters is 2. The first kappa shape index (κ1) is 10.8. The van der Waals surface area contributed by atoms with Gasteiger partial charge in [-0.2, -0.15) is 0 Å². The Morgan fingerprint density at radius 1 is 1.12 bits per heavy atom. The quantitative estimate of drug-likeness (QED) is 0.320. The van der Waals surface area contributed by atoms with Crippen molar-refractivity contribution in [2.75, 3.05) is 0 Å². The van der Waals surface area contributed by atoms with E-state index < -0.39 is 11.9 Å². The van der Waals surface area contributed by atoms with Crippen molar-refractivity contribution in [3.63, 3.8) is 0 Å². The molecule has 0 rings (SSSR count). The van der Waals surface area contributed by atoms with Crippen molar-refractivity contribution in [1.82, 2.24) is 0 Å². The van der Waals surface area contributed by atoms with E-state index in [2.05, 4.69) is 4.74 Å². The molecule has 0 saturated heterocycles. The Balaban J connectivity index is 0. The second-order valence-corrected chi connectivity index (χ2v) is 1.09. The molecule has 0 spiro atoms. The Bertz CT molecular complexity index is 87.5. The smallest absolute Gasteiger partial charge is 0.310 e. The summed E-state index contributed by atoms with van der Waals surface area (Å²) >= 11 is 0. The van der Waals surface area contributed by atoms with Gasteiger partial charge in [-0.05, 0) is 0 Å². The largest absolute Gasteiger partial charge is 0.394 e. The maximum atomic E-state index is 9.81. The Kier molecular flexibility index (Phi) is 6.89. The molecule has 0 fully saturated rings. The average Bonchev–Trinajstić information content (AvgIpc) is 1.27. The van der Waals surface area contributed by atoms with Crippen LogP contribution in [0.1, 0.15) is 13.8 Å². The third kappa shape index (κ3) is 9.34. The van der Waals surface area contributed by atoms with E-state index in [0.29, 0.717) is 0 Å². The van der Waals surface area contributed by atoms with Crippen LogP contribution in [0.3, 0.4) is 0 Å². The summed E-state index contributed by atoms with van der Waals surface area (Å²) in [6.45, 7) is 2.36. The monoisotopic (exact) mass is 222 g/mol. The average molecular weight is 221 g/mol. The van der Waals surface area contributed by atoms with Gasteiger partial charge in [0.2, 0.25) is 0 Å². The molecule has 0 atom stereocenters. The minimum atomic E-state index is -0.562. The zero-order valence-corrected chi connectivity index (χ0v) is 7.58. The van der Waals surface area contributed by atoms with Crippen molar-refractivity contribution in [2.24, 2.45) is 0 Å². The molecular formula is C4H6O3Sn. The van der Waals surface area contributed by atoms with Crippen LogP contribution in [-0.4, -0.2) is 35.8 Å². The van der Waals surface area contributed by atoms with Gasteiger partial charge in [-0.1, -0.05) is 0 Å². The topological polar surface area (TPSA) is 43.4 Å². The van der Waals surface area contributed by atoms with Gasteiger partial charge >= 0.3 is 11.9 Å². The second-order valence-electron chi connectivity index (χ2n) is 1.09. The summed E-state index contributed by atoms with van der Waals surface area (Å²) in [5.41, 5.74) is 0. The fourth-order valence-electron chi connectivity index (χ4n) is 0.202. The van der Waals surface area contributed by atoms with Crippen LogP contribution in [0.5, 0.6) is 0 Å². The zero-order valence-electron chi connectivity index (χ0n) is 4.72. The molecule has 8 heavy (non-hydrogen) atoms. The van der Waals surface area contributed by atoms with E-state index in [-0.39, 0.29) is 23.9 Å². The van der Waals surface area contributed by atoms with Crippen LogP contribution in [-0.2, 0) is 14.3 Å². The van der Waals surface area contributed by atoms with E-state index in [4.69, 9.17) is 0 Å². The zero-order chi connectivity index (χ0) is 5.86. The maximum Gasteiger partial charge on any atom is 0.310 e. The summed E-state index contributed by atoms with van der Waals surface area (Å²) in [5.74, 6) is -1.12. The molecular weight excluding hydrogens is 215 g/mol. The second kappa shape index (κ2) is 5.08. The van der Waals surface area contributed by atoms with Gasteiger partial charge in [0.15, 0.2) is 0 Å². The maximum absolute atomic E-state index is 9.81. The molecule has 0 saturated carbocycles. The molecule has 0 heterocycles. The number of carbonyl (C=O) groups excluding carboxylic acids is 2. The van der Waals surface area contributed by atoms with E-state index in [1.165, 1.54) is 13.8 Å². The van der Waals surface area contributed by atoms with Gasteiger partial charge < -0.3 is 4.74 Å². The van der Waals surface area contributed by atoms with Crippen LogP contribution < -0.4 is 0 Å². The predicted octanol–water partition coefficient (Wildman–Crippen LogP) is -0.285. The molecule has 0 aromatic rings. The Hall–Kier alpha value is -0.0613. The van der Waals surface area contributed by atoms with Crippen molar-refractivity contribution in [2.45, 2.75) is 13.8 Å². The van der Waals surface area contributed by atoms with Crippen molar-refractivity contribution >= 4 is 35.8 Å². The molecule has 0 bridgehead atoms. The summed E-state index contributed by atoms with van der Waals surface area (Å²) in [6, 6.07) is 0. The van der Waals surface area contributed by atoms with Gasteiger partial charge in [0, 0.05) is 37.8 Å². The van der Waals surface area contributed by atoms with E-state index in [0.717, 1.165) is 0 Å². The number of ether oxygens (including phenoxy) is 1. The van der Waals surface area contributed by atoms with Crippen molar-refractivity contribution in [3.05, 3.63) is 0 Å². The molecule has 0 amide bonds. The summed E-state index contributed by atoms with van der Waals surface area (Å²) < 4.78 is 3.97. The number of hydrogen-bond acceptors (Lipinski definition) is 3. The van der Waals surface area contributed by atoms with Crippen LogP contribution in [0, 0.1) is 0 Å². The van der Waals surface area contributed by atoms with Gasteiger partial charge in [-0.3, -0.25) is 9.59 Å². The first-order chi connectivity index (χ1) is 3.13. The SMILES string of the molecule is CC(=O)OC(C)=O.[Sn]. The fourth-order valence-corrected chi connectivity index (χ4v) is 0.202. The van der Waals surface area contributed by atoms with Crippen molar-refractivity contribution < 1.29 is 14.3 Å². The molecule has 0 aromatic carbocycles. The van der Waals surface area contributed by atoms with Crippen molar-refractivity contribution in [3.8, 4) is 0 Å². The van der Waals surface area contributed by atoms with Crippen LogP contribution in [0.25, 0.3) is 0 Å². The van der Waals surface area contributed by atoms with E-state index >= 15 is 0 Å². The molecule has 0 aromatic heterocycles. The molecule has 0 unspecified atom stereocenters. The summed E-state index contributed by atoms with van der Waals surface area (Å²) in [4.78, 5) is 19.6. The first-order valence-electron chi connectivity index (χ1n) is 1.82. The fraction of sp³-hybridized carbons (Fsp3) is 0.500. The normalized spacial score (nSPS) is 6.75. The standard InChI is InChI=1S/C4H6O3.Sn/c1-3(5)7-4(2)6;/h1-2H3;. The van der Waals surface area contributed by atoms with Gasteiger partial charge in [-0.15, -0.1) is 0 Å². The number of carbonyl (C=O) groups is 2. The Morgan fingerprint density at radius 3 is 1.38 bits per heavy atom. The Morgan fingerprint density at radius 2 is 1.38 bits per heavy atom. The predicted molar refractivity (Wildman–Crippen MR) is 28.2 cm³/mol.